The second-order valence-electron chi connectivity index (χ2n) is 2.38. The predicted molar refractivity (Wildman–Crippen MR) is 48.6 cm³/mol. The first-order chi connectivity index (χ1) is 6.27. The molecule has 6 heteroatoms. The number of nitrogens with zero attached hydrogens (tertiary/aromatic N) is 4. The van der Waals surface area contributed by atoms with Crippen LogP contribution in [0.2, 0.25) is 5.15 Å². The quantitative estimate of drug-likeness (QED) is 0.734. The molecule has 0 saturated carbocycles. The topological polar surface area (TPSA) is 69.6 Å². The number of hydrogen-bond acceptors (Lipinski definition) is 4. The summed E-state index contributed by atoms with van der Waals surface area (Å²) in [6.45, 7) is 0. The van der Waals surface area contributed by atoms with Crippen LogP contribution in [0.1, 0.15) is 0 Å². The van der Waals surface area contributed by atoms with E-state index in [9.17, 15) is 0 Å². The second kappa shape index (κ2) is 3.02. The molecule has 0 radical (unpaired) electrons. The van der Waals surface area contributed by atoms with Gasteiger partial charge in [-0.1, -0.05) is 11.6 Å². The monoisotopic (exact) mass is 195 g/mol. The maximum Gasteiger partial charge on any atom is 0.178 e. The van der Waals surface area contributed by atoms with Gasteiger partial charge in [-0.3, -0.25) is 0 Å². The van der Waals surface area contributed by atoms with Crippen LogP contribution in [-0.2, 0) is 0 Å². The fourth-order valence-corrected chi connectivity index (χ4v) is 1.03. The van der Waals surface area contributed by atoms with Crippen LogP contribution >= 0.6 is 11.6 Å². The Morgan fingerprint density at radius 1 is 1.23 bits per heavy atom. The molecule has 2 N–H and O–H groups in total. The third-order valence-electron chi connectivity index (χ3n) is 1.51. The molecule has 0 atom stereocenters. The van der Waals surface area contributed by atoms with Gasteiger partial charge in [-0.25, -0.2) is 0 Å². The highest BCUT2D eigenvalue weighted by molar-refractivity contribution is 6.29. The summed E-state index contributed by atoms with van der Waals surface area (Å²) in [5, 5.41) is 11.8. The fourth-order valence-electron chi connectivity index (χ4n) is 0.927. The minimum Gasteiger partial charge on any atom is -0.384 e. The molecule has 0 amide bonds. The van der Waals surface area contributed by atoms with E-state index >= 15 is 0 Å². The van der Waals surface area contributed by atoms with E-state index in [1.54, 1.807) is 24.4 Å². The summed E-state index contributed by atoms with van der Waals surface area (Å²) in [6, 6.07) is 5.00. The van der Waals surface area contributed by atoms with Crippen LogP contribution in [0.4, 0.5) is 5.82 Å². The molecule has 0 aliphatic carbocycles. The van der Waals surface area contributed by atoms with E-state index in [0.29, 0.717) is 16.8 Å². The van der Waals surface area contributed by atoms with Crippen LogP contribution in [0.3, 0.4) is 0 Å². The summed E-state index contributed by atoms with van der Waals surface area (Å²) in [5.41, 5.74) is 5.61. The zero-order valence-electron chi connectivity index (χ0n) is 6.55. The molecule has 0 bridgehead atoms. The molecular formula is C7H6ClN5. The van der Waals surface area contributed by atoms with Gasteiger partial charge in [0.1, 0.15) is 5.82 Å². The summed E-state index contributed by atoms with van der Waals surface area (Å²) in [7, 11) is 0. The lowest BCUT2D eigenvalue weighted by Crippen LogP contribution is -2.04. The zero-order chi connectivity index (χ0) is 9.26. The summed E-state index contributed by atoms with van der Waals surface area (Å²) in [6.07, 6.45) is 1.59. The van der Waals surface area contributed by atoms with Crippen molar-refractivity contribution in [1.29, 1.82) is 0 Å². The Bertz CT molecular complexity index is 407. The smallest absolute Gasteiger partial charge is 0.178 e. The number of aromatic nitrogens is 4. The van der Waals surface area contributed by atoms with Crippen LogP contribution in [0.15, 0.2) is 24.4 Å². The van der Waals surface area contributed by atoms with E-state index in [0.717, 1.165) is 0 Å². The Balaban J connectivity index is 2.47. The molecular weight excluding hydrogens is 190 g/mol. The van der Waals surface area contributed by atoms with E-state index in [2.05, 4.69) is 15.3 Å². The van der Waals surface area contributed by atoms with Crippen molar-refractivity contribution in [3.8, 4) is 5.82 Å². The van der Waals surface area contributed by atoms with E-state index in [4.69, 9.17) is 17.3 Å². The molecule has 2 aromatic heterocycles. The van der Waals surface area contributed by atoms with Gasteiger partial charge in [-0.15, -0.1) is 10.2 Å². The van der Waals surface area contributed by atoms with Crippen molar-refractivity contribution in [2.75, 3.05) is 5.73 Å². The molecule has 0 spiro atoms. The lowest BCUT2D eigenvalue weighted by atomic mass is 10.5. The average molecular weight is 196 g/mol. The van der Waals surface area contributed by atoms with Crippen LogP contribution in [-0.4, -0.2) is 20.0 Å². The largest absolute Gasteiger partial charge is 0.384 e. The van der Waals surface area contributed by atoms with Crippen LogP contribution in [0.5, 0.6) is 0 Å². The Hall–Kier alpha value is -1.62. The standard InChI is InChI=1S/C7H6ClN5/c8-5-1-2-7(12-11-5)13-6(9)3-4-10-13/h1-4H,9H2. The first-order valence-corrected chi connectivity index (χ1v) is 3.94. The van der Waals surface area contributed by atoms with Crippen molar-refractivity contribution in [2.24, 2.45) is 0 Å². The van der Waals surface area contributed by atoms with Gasteiger partial charge in [0, 0.05) is 6.07 Å². The molecule has 0 saturated heterocycles. The zero-order valence-corrected chi connectivity index (χ0v) is 7.31. The number of rotatable bonds is 1. The van der Waals surface area contributed by atoms with E-state index in [1.807, 2.05) is 0 Å². The minimum atomic E-state index is 0.342. The van der Waals surface area contributed by atoms with Crippen molar-refractivity contribution < 1.29 is 0 Å². The number of hydrogen-bond donors (Lipinski definition) is 1. The molecule has 2 rings (SSSR count). The first-order valence-electron chi connectivity index (χ1n) is 3.56. The van der Waals surface area contributed by atoms with Crippen molar-refractivity contribution in [2.45, 2.75) is 0 Å². The van der Waals surface area contributed by atoms with Crippen LogP contribution in [0.25, 0.3) is 5.82 Å². The first kappa shape index (κ1) is 8.00. The van der Waals surface area contributed by atoms with Gasteiger partial charge in [0.2, 0.25) is 0 Å². The molecule has 2 aromatic rings. The molecule has 66 valence electrons. The summed E-state index contributed by atoms with van der Waals surface area (Å²) in [4.78, 5) is 0. The number of anilines is 1. The van der Waals surface area contributed by atoms with Gasteiger partial charge < -0.3 is 5.73 Å². The molecule has 13 heavy (non-hydrogen) atoms. The second-order valence-corrected chi connectivity index (χ2v) is 2.77. The van der Waals surface area contributed by atoms with Gasteiger partial charge >= 0.3 is 0 Å². The number of nitrogens with two attached hydrogens (primary N) is 1. The molecule has 0 unspecified atom stereocenters. The van der Waals surface area contributed by atoms with Crippen molar-refractivity contribution >= 4 is 17.4 Å². The molecule has 5 nitrogen and oxygen atoms in total. The summed E-state index contributed by atoms with van der Waals surface area (Å²) >= 11 is 5.58. The average Bonchev–Trinajstić information content (AvgIpc) is 2.53. The Labute approximate surface area is 79.1 Å². The minimum absolute atomic E-state index is 0.342. The van der Waals surface area contributed by atoms with Gasteiger partial charge in [0.05, 0.1) is 6.20 Å². The van der Waals surface area contributed by atoms with Gasteiger partial charge in [0.15, 0.2) is 11.0 Å². The Morgan fingerprint density at radius 2 is 2.08 bits per heavy atom. The third-order valence-corrected chi connectivity index (χ3v) is 1.71. The van der Waals surface area contributed by atoms with E-state index in [1.165, 1.54) is 4.68 Å². The fraction of sp³-hybridized carbons (Fsp3) is 0. The highest BCUT2D eigenvalue weighted by Gasteiger charge is 2.02. The lowest BCUT2D eigenvalue weighted by molar-refractivity contribution is 0.823. The molecule has 0 aromatic carbocycles. The maximum absolute atomic E-state index is 5.61. The molecule has 0 aliphatic heterocycles. The maximum atomic E-state index is 5.61. The van der Waals surface area contributed by atoms with Crippen molar-refractivity contribution in [3.05, 3.63) is 29.5 Å². The van der Waals surface area contributed by atoms with Gasteiger partial charge in [0.25, 0.3) is 0 Å². The molecule has 0 aliphatic rings. The van der Waals surface area contributed by atoms with Crippen LogP contribution < -0.4 is 5.73 Å². The highest BCUT2D eigenvalue weighted by atomic mass is 35.5. The SMILES string of the molecule is Nc1ccnn1-c1ccc(Cl)nn1. The Kier molecular flexibility index (Phi) is 1.86. The van der Waals surface area contributed by atoms with Gasteiger partial charge in [-0.2, -0.15) is 9.78 Å². The van der Waals surface area contributed by atoms with Crippen molar-refractivity contribution in [1.82, 2.24) is 20.0 Å². The van der Waals surface area contributed by atoms with Crippen LogP contribution in [0, 0.1) is 0 Å². The Morgan fingerprint density at radius 3 is 2.62 bits per heavy atom. The van der Waals surface area contributed by atoms with Gasteiger partial charge in [-0.05, 0) is 12.1 Å². The van der Waals surface area contributed by atoms with E-state index < -0.39 is 0 Å². The number of halogens is 1. The summed E-state index contributed by atoms with van der Waals surface area (Å²) in [5.74, 6) is 1.06. The predicted octanol–water partition coefficient (Wildman–Crippen LogP) is 0.898. The molecule has 2 heterocycles. The normalized spacial score (nSPS) is 10.2. The number of nitrogen functional groups attached to an aromatic ring is 1. The van der Waals surface area contributed by atoms with Crippen molar-refractivity contribution in [3.63, 3.8) is 0 Å². The highest BCUT2D eigenvalue weighted by Crippen LogP contribution is 2.09. The van der Waals surface area contributed by atoms with E-state index in [-0.39, 0.29) is 0 Å². The third kappa shape index (κ3) is 1.46. The summed E-state index contributed by atoms with van der Waals surface area (Å²) < 4.78 is 1.48. The lowest BCUT2D eigenvalue weighted by Gasteiger charge is -2.00. The molecule has 0 fully saturated rings.